The molecular weight excluding hydrogens is 629 g/mol. The predicted molar refractivity (Wildman–Crippen MR) is 221 cm³/mol. The zero-order chi connectivity index (χ0) is 34.2. The lowest BCUT2D eigenvalue weighted by atomic mass is 9.45. The van der Waals surface area contributed by atoms with Crippen LogP contribution in [0.3, 0.4) is 0 Å². The first kappa shape index (κ1) is 29.0. The van der Waals surface area contributed by atoms with Gasteiger partial charge < -0.3 is 13.9 Å². The number of hydrogen-bond donors (Lipinski definition) is 0. The van der Waals surface area contributed by atoms with Crippen molar-refractivity contribution in [3.63, 3.8) is 0 Å². The Morgan fingerprint density at radius 1 is 0.327 bits per heavy atom. The molecule has 0 aliphatic carbocycles. The molecule has 1 aliphatic rings. The van der Waals surface area contributed by atoms with Gasteiger partial charge in [-0.1, -0.05) is 133 Å². The van der Waals surface area contributed by atoms with Crippen molar-refractivity contribution in [2.75, 3.05) is 4.81 Å². The minimum absolute atomic E-state index is 0.0543. The number of para-hydroxylation sites is 5. The van der Waals surface area contributed by atoms with Gasteiger partial charge in [0.1, 0.15) is 0 Å². The average Bonchev–Trinajstić information content (AvgIpc) is 3.72. The molecule has 4 heteroatoms. The van der Waals surface area contributed by atoms with Crippen LogP contribution in [0.5, 0.6) is 0 Å². The van der Waals surface area contributed by atoms with Crippen LogP contribution >= 0.6 is 0 Å². The number of nitrogens with zero attached hydrogens (tertiary/aromatic N) is 3. The van der Waals surface area contributed by atoms with E-state index in [9.17, 15) is 0 Å². The van der Waals surface area contributed by atoms with Gasteiger partial charge in [0, 0.05) is 49.9 Å². The lowest BCUT2D eigenvalue weighted by Gasteiger charge is -2.39. The van der Waals surface area contributed by atoms with Crippen LogP contribution in [0.2, 0.25) is 0 Å². The van der Waals surface area contributed by atoms with E-state index in [1.54, 1.807) is 0 Å². The molecular formula is C48H32BN3. The molecule has 3 nitrogen and oxygen atoms in total. The molecule has 2 aromatic heterocycles. The summed E-state index contributed by atoms with van der Waals surface area (Å²) in [6, 6.07) is 71.0. The second-order valence-electron chi connectivity index (χ2n) is 13.7. The summed E-state index contributed by atoms with van der Waals surface area (Å²) < 4.78 is 4.86. The minimum atomic E-state index is -0.0543. The number of rotatable bonds is 4. The second kappa shape index (κ2) is 11.4. The van der Waals surface area contributed by atoms with E-state index in [0.29, 0.717) is 0 Å². The smallest absolute Gasteiger partial charge is 0.328 e. The van der Waals surface area contributed by atoms with E-state index < -0.39 is 0 Å². The van der Waals surface area contributed by atoms with E-state index in [2.05, 4.69) is 208 Å². The fourth-order valence-corrected chi connectivity index (χ4v) is 8.74. The van der Waals surface area contributed by atoms with Crippen LogP contribution in [-0.4, -0.2) is 16.0 Å². The van der Waals surface area contributed by atoms with E-state index in [4.69, 9.17) is 0 Å². The van der Waals surface area contributed by atoms with Gasteiger partial charge in [0.2, 0.25) is 0 Å². The first-order chi connectivity index (χ1) is 25.8. The molecule has 0 N–H and O–H groups in total. The Morgan fingerprint density at radius 2 is 0.788 bits per heavy atom. The van der Waals surface area contributed by atoms with E-state index in [-0.39, 0.29) is 6.85 Å². The maximum absolute atomic E-state index is 2.57. The van der Waals surface area contributed by atoms with E-state index in [1.807, 2.05) is 0 Å². The van der Waals surface area contributed by atoms with Crippen molar-refractivity contribution >= 4 is 72.8 Å². The van der Waals surface area contributed by atoms with Crippen molar-refractivity contribution in [3.05, 3.63) is 194 Å². The molecule has 52 heavy (non-hydrogen) atoms. The normalized spacial score (nSPS) is 12.5. The Morgan fingerprint density at radius 3 is 1.37 bits per heavy atom. The maximum Gasteiger partial charge on any atom is 0.328 e. The topological polar surface area (TPSA) is 13.1 Å². The molecule has 0 spiro atoms. The molecule has 0 saturated carbocycles. The number of aromatic nitrogens is 2. The fourth-order valence-electron chi connectivity index (χ4n) is 8.74. The van der Waals surface area contributed by atoms with Gasteiger partial charge in [-0.3, -0.25) is 0 Å². The van der Waals surface area contributed by atoms with Crippen molar-refractivity contribution < 1.29 is 0 Å². The van der Waals surface area contributed by atoms with Crippen molar-refractivity contribution in [2.45, 2.75) is 0 Å². The molecule has 0 radical (unpaired) electrons. The number of benzene rings is 8. The van der Waals surface area contributed by atoms with Gasteiger partial charge in [-0.05, 0) is 77.8 Å². The maximum atomic E-state index is 2.57. The van der Waals surface area contributed by atoms with Crippen LogP contribution in [0.25, 0.3) is 66.1 Å². The van der Waals surface area contributed by atoms with E-state index >= 15 is 0 Å². The third-order valence-corrected chi connectivity index (χ3v) is 10.9. The molecule has 3 heterocycles. The number of fused-ring (bicyclic) bond motifs is 9. The van der Waals surface area contributed by atoms with E-state index in [0.717, 1.165) is 17.1 Å². The molecule has 0 saturated heterocycles. The molecule has 10 aromatic rings. The van der Waals surface area contributed by atoms with Gasteiger partial charge in [-0.2, -0.15) is 0 Å². The molecule has 242 valence electrons. The Balaban J connectivity index is 1.32. The fraction of sp³-hybridized carbons (Fsp3) is 0. The van der Waals surface area contributed by atoms with Crippen molar-refractivity contribution in [1.82, 2.24) is 9.13 Å². The molecule has 0 unspecified atom stereocenters. The molecule has 1 aliphatic heterocycles. The van der Waals surface area contributed by atoms with Crippen LogP contribution < -0.4 is 15.7 Å². The largest absolute Gasteiger partial charge is 0.376 e. The highest BCUT2D eigenvalue weighted by Crippen LogP contribution is 2.46. The van der Waals surface area contributed by atoms with Gasteiger partial charge in [0.05, 0.1) is 22.1 Å². The number of anilines is 2. The molecule has 0 fully saturated rings. The summed E-state index contributed by atoms with van der Waals surface area (Å²) in [5, 5.41) is 5.02. The van der Waals surface area contributed by atoms with Crippen LogP contribution in [0.15, 0.2) is 194 Å². The minimum Gasteiger partial charge on any atom is -0.376 e. The lowest BCUT2D eigenvalue weighted by Crippen LogP contribution is -2.57. The predicted octanol–water partition coefficient (Wildman–Crippen LogP) is 10.8. The summed E-state index contributed by atoms with van der Waals surface area (Å²) in [4.78, 5) is 2.57. The molecule has 8 aromatic carbocycles. The summed E-state index contributed by atoms with van der Waals surface area (Å²) in [6.07, 6.45) is 0. The third kappa shape index (κ3) is 4.21. The third-order valence-electron chi connectivity index (χ3n) is 10.9. The Bertz CT molecular complexity index is 2950. The standard InChI is InChI=1S/C48H32BN3/c1-5-17-33(18-6-1)49-43-30-42-38-26-14-16-28-45(38)50(34-19-7-2-8-20-34)46(42)31-39(43)41-29-40-37-25-13-15-27-44(37)51(35-21-9-3-10-22-35)47(40)32-48(41)52(49)36-23-11-4-12-24-36/h1-32H. The average molecular weight is 662 g/mol. The summed E-state index contributed by atoms with van der Waals surface area (Å²) in [5.41, 5.74) is 14.6. The molecule has 0 amide bonds. The second-order valence-corrected chi connectivity index (χ2v) is 13.7. The highest BCUT2D eigenvalue weighted by Gasteiger charge is 2.38. The highest BCUT2D eigenvalue weighted by atomic mass is 15.1. The SMILES string of the molecule is c1ccc(B2c3cc4c5ccccc5n(-c5ccccc5)c4cc3-c3cc4c5ccccc5n(-c5ccccc5)c4cc3N2c2ccccc2)cc1. The van der Waals surface area contributed by atoms with Gasteiger partial charge >= 0.3 is 6.85 Å². The van der Waals surface area contributed by atoms with Crippen molar-refractivity contribution in [2.24, 2.45) is 0 Å². The highest BCUT2D eigenvalue weighted by molar-refractivity contribution is 6.91. The van der Waals surface area contributed by atoms with Crippen molar-refractivity contribution in [1.29, 1.82) is 0 Å². The van der Waals surface area contributed by atoms with Crippen LogP contribution in [0.4, 0.5) is 11.4 Å². The van der Waals surface area contributed by atoms with Crippen LogP contribution in [0, 0.1) is 0 Å². The lowest BCUT2D eigenvalue weighted by molar-refractivity contribution is 1.18. The zero-order valence-corrected chi connectivity index (χ0v) is 28.4. The zero-order valence-electron chi connectivity index (χ0n) is 28.4. The van der Waals surface area contributed by atoms with Crippen molar-refractivity contribution in [3.8, 4) is 22.5 Å². The number of hydrogen-bond acceptors (Lipinski definition) is 1. The van der Waals surface area contributed by atoms with Gasteiger partial charge in [-0.25, -0.2) is 0 Å². The van der Waals surface area contributed by atoms with Gasteiger partial charge in [0.25, 0.3) is 0 Å². The summed E-state index contributed by atoms with van der Waals surface area (Å²) >= 11 is 0. The molecule has 0 atom stereocenters. The Hall–Kier alpha value is -6.78. The monoisotopic (exact) mass is 661 g/mol. The summed E-state index contributed by atoms with van der Waals surface area (Å²) in [5.74, 6) is 0. The Kier molecular flexibility index (Phi) is 6.35. The molecule has 11 rings (SSSR count). The summed E-state index contributed by atoms with van der Waals surface area (Å²) in [7, 11) is 0. The van der Waals surface area contributed by atoms with Crippen LogP contribution in [-0.2, 0) is 0 Å². The van der Waals surface area contributed by atoms with Crippen LogP contribution in [0.1, 0.15) is 0 Å². The molecule has 0 bridgehead atoms. The quantitative estimate of drug-likeness (QED) is 0.171. The first-order valence-corrected chi connectivity index (χ1v) is 18.0. The van der Waals surface area contributed by atoms with E-state index in [1.165, 1.54) is 71.4 Å². The summed E-state index contributed by atoms with van der Waals surface area (Å²) in [6.45, 7) is -0.0543. The first-order valence-electron chi connectivity index (χ1n) is 18.0. The van der Waals surface area contributed by atoms with Gasteiger partial charge in [-0.15, -0.1) is 0 Å². The Labute approximate surface area is 302 Å². The van der Waals surface area contributed by atoms with Gasteiger partial charge in [0.15, 0.2) is 0 Å².